The Hall–Kier alpha value is -3.43. The average Bonchev–Trinajstić information content (AvgIpc) is 3.43. The van der Waals surface area contributed by atoms with Crippen molar-refractivity contribution in [3.63, 3.8) is 0 Å². The number of hydrogen-bond acceptors (Lipinski definition) is 6. The molecule has 0 saturated carbocycles. The molecule has 0 bridgehead atoms. The Labute approximate surface area is 197 Å². The zero-order chi connectivity index (χ0) is 24.2. The Kier molecular flexibility index (Phi) is 7.14. The summed E-state index contributed by atoms with van der Waals surface area (Å²) in [4.78, 5) is 36.9. The van der Waals surface area contributed by atoms with E-state index in [2.05, 4.69) is 10.6 Å². The Morgan fingerprint density at radius 2 is 1.68 bits per heavy atom. The molecule has 9 heteroatoms. The monoisotopic (exact) mass is 468 g/mol. The van der Waals surface area contributed by atoms with Crippen molar-refractivity contribution in [3.05, 3.63) is 59.7 Å². The number of aliphatic carboxylic acids is 1. The van der Waals surface area contributed by atoms with Crippen molar-refractivity contribution in [3.8, 4) is 11.1 Å². The standard InChI is InChI=1S/C25H28N2O7/c1-14(32-2)22(23(28)26-21-13-33-11-20(21)24(29)30)27-25(31)34-12-19-17-9-5-3-7-15(17)16-8-4-6-10-18(16)19/h3-10,14,19-22H,11-13H2,1-2H3,(H,26,28)(H,27,31)(H,29,30). The highest BCUT2D eigenvalue weighted by molar-refractivity contribution is 5.87. The van der Waals surface area contributed by atoms with Crippen LogP contribution in [0.15, 0.2) is 48.5 Å². The van der Waals surface area contributed by atoms with Gasteiger partial charge in [0.2, 0.25) is 5.91 Å². The summed E-state index contributed by atoms with van der Waals surface area (Å²) in [6.07, 6.45) is -1.44. The lowest BCUT2D eigenvalue weighted by Crippen LogP contribution is -2.56. The zero-order valence-corrected chi connectivity index (χ0v) is 19.0. The third kappa shape index (κ3) is 4.76. The van der Waals surface area contributed by atoms with Crippen LogP contribution in [0, 0.1) is 5.92 Å². The molecule has 2 aromatic rings. The maximum Gasteiger partial charge on any atom is 0.407 e. The van der Waals surface area contributed by atoms with Crippen LogP contribution >= 0.6 is 0 Å². The molecule has 0 aromatic heterocycles. The van der Waals surface area contributed by atoms with E-state index in [4.69, 9.17) is 14.2 Å². The number of methoxy groups -OCH3 is 1. The van der Waals surface area contributed by atoms with Crippen molar-refractivity contribution in [1.82, 2.24) is 10.6 Å². The van der Waals surface area contributed by atoms with Gasteiger partial charge in [-0.2, -0.15) is 0 Å². The highest BCUT2D eigenvalue weighted by Crippen LogP contribution is 2.44. The molecule has 34 heavy (non-hydrogen) atoms. The number of fused-ring (bicyclic) bond motifs is 3. The van der Waals surface area contributed by atoms with E-state index in [1.165, 1.54) is 7.11 Å². The number of amides is 2. The van der Waals surface area contributed by atoms with Gasteiger partial charge < -0.3 is 30.0 Å². The number of carbonyl (C=O) groups excluding carboxylic acids is 2. The Balaban J connectivity index is 1.41. The second kappa shape index (κ2) is 10.2. The molecule has 4 atom stereocenters. The first kappa shape index (κ1) is 23.7. The fraction of sp³-hybridized carbons (Fsp3) is 0.400. The highest BCUT2D eigenvalue weighted by atomic mass is 16.5. The third-order valence-corrected chi connectivity index (χ3v) is 6.47. The van der Waals surface area contributed by atoms with E-state index in [0.717, 1.165) is 22.3 Å². The fourth-order valence-corrected chi connectivity index (χ4v) is 4.51. The second-order valence-electron chi connectivity index (χ2n) is 8.49. The molecule has 0 spiro atoms. The van der Waals surface area contributed by atoms with Crippen molar-refractivity contribution in [1.29, 1.82) is 0 Å². The van der Waals surface area contributed by atoms with E-state index < -0.39 is 42.1 Å². The first-order valence-corrected chi connectivity index (χ1v) is 11.2. The molecular weight excluding hydrogens is 440 g/mol. The van der Waals surface area contributed by atoms with Gasteiger partial charge in [0.15, 0.2) is 0 Å². The highest BCUT2D eigenvalue weighted by Gasteiger charge is 2.38. The number of hydrogen-bond donors (Lipinski definition) is 3. The number of carboxylic acid groups (broad SMARTS) is 1. The first-order valence-electron chi connectivity index (χ1n) is 11.2. The van der Waals surface area contributed by atoms with E-state index in [0.29, 0.717) is 0 Å². The number of carboxylic acids is 1. The van der Waals surface area contributed by atoms with Crippen LogP contribution in [0.4, 0.5) is 4.79 Å². The summed E-state index contributed by atoms with van der Waals surface area (Å²) >= 11 is 0. The molecule has 180 valence electrons. The molecule has 2 aromatic carbocycles. The van der Waals surface area contributed by atoms with Gasteiger partial charge in [-0.1, -0.05) is 48.5 Å². The maximum absolute atomic E-state index is 12.9. The van der Waals surface area contributed by atoms with Crippen LogP contribution in [0.1, 0.15) is 24.0 Å². The number of alkyl carbamates (subject to hydrolysis) is 1. The molecular formula is C25H28N2O7. The van der Waals surface area contributed by atoms with Gasteiger partial charge in [0, 0.05) is 13.0 Å². The number of nitrogens with one attached hydrogen (secondary N) is 2. The molecule has 4 rings (SSSR count). The van der Waals surface area contributed by atoms with Crippen LogP contribution in [0.3, 0.4) is 0 Å². The summed E-state index contributed by atoms with van der Waals surface area (Å²) < 4.78 is 16.0. The predicted octanol–water partition coefficient (Wildman–Crippen LogP) is 2.14. The van der Waals surface area contributed by atoms with Crippen LogP contribution in [0.25, 0.3) is 11.1 Å². The average molecular weight is 469 g/mol. The summed E-state index contributed by atoms with van der Waals surface area (Å²) in [6.45, 7) is 1.84. The zero-order valence-electron chi connectivity index (χ0n) is 19.0. The molecule has 9 nitrogen and oxygen atoms in total. The van der Waals surface area contributed by atoms with Gasteiger partial charge in [-0.25, -0.2) is 4.79 Å². The second-order valence-corrected chi connectivity index (χ2v) is 8.49. The van der Waals surface area contributed by atoms with Gasteiger partial charge in [-0.15, -0.1) is 0 Å². The fourth-order valence-electron chi connectivity index (χ4n) is 4.51. The summed E-state index contributed by atoms with van der Waals surface area (Å²) in [5.74, 6) is -2.58. The maximum atomic E-state index is 12.9. The van der Waals surface area contributed by atoms with Crippen molar-refractivity contribution in [2.45, 2.75) is 31.0 Å². The Bertz CT molecular complexity index is 1030. The van der Waals surface area contributed by atoms with E-state index in [1.54, 1.807) is 6.92 Å². The van der Waals surface area contributed by atoms with Crippen LogP contribution < -0.4 is 10.6 Å². The molecule has 1 heterocycles. The topological polar surface area (TPSA) is 123 Å². The van der Waals surface area contributed by atoms with Gasteiger partial charge in [0.1, 0.15) is 18.6 Å². The molecule has 1 aliphatic carbocycles. The molecule has 1 fully saturated rings. The van der Waals surface area contributed by atoms with Crippen LogP contribution in [0.2, 0.25) is 0 Å². The minimum Gasteiger partial charge on any atom is -0.481 e. The van der Waals surface area contributed by atoms with Crippen LogP contribution in [-0.4, -0.2) is 68.2 Å². The first-order chi connectivity index (χ1) is 16.4. The number of carbonyl (C=O) groups is 3. The van der Waals surface area contributed by atoms with Gasteiger partial charge in [0.25, 0.3) is 0 Å². The summed E-state index contributed by atoms with van der Waals surface area (Å²) in [7, 11) is 1.42. The lowest BCUT2D eigenvalue weighted by molar-refractivity contribution is -0.142. The molecule has 1 aliphatic heterocycles. The molecule has 2 amide bonds. The summed E-state index contributed by atoms with van der Waals surface area (Å²) in [6, 6.07) is 14.2. The van der Waals surface area contributed by atoms with Crippen LogP contribution in [-0.2, 0) is 23.8 Å². The third-order valence-electron chi connectivity index (χ3n) is 6.47. The van der Waals surface area contributed by atoms with Gasteiger partial charge >= 0.3 is 12.1 Å². The molecule has 2 aliphatic rings. The molecule has 3 N–H and O–H groups in total. The van der Waals surface area contributed by atoms with E-state index in [-0.39, 0.29) is 25.7 Å². The smallest absolute Gasteiger partial charge is 0.407 e. The largest absolute Gasteiger partial charge is 0.481 e. The van der Waals surface area contributed by atoms with E-state index in [1.807, 2.05) is 48.5 Å². The SMILES string of the molecule is COC(C)C(NC(=O)OCC1c2ccccc2-c2ccccc21)C(=O)NC1COCC1C(=O)O. The predicted molar refractivity (Wildman–Crippen MR) is 122 cm³/mol. The van der Waals surface area contributed by atoms with Crippen LogP contribution in [0.5, 0.6) is 0 Å². The van der Waals surface area contributed by atoms with Crippen molar-refractivity contribution < 1.29 is 33.7 Å². The Morgan fingerprint density at radius 3 is 2.26 bits per heavy atom. The van der Waals surface area contributed by atoms with Gasteiger partial charge in [-0.3, -0.25) is 9.59 Å². The Morgan fingerprint density at radius 1 is 1.06 bits per heavy atom. The number of ether oxygens (including phenoxy) is 3. The summed E-state index contributed by atoms with van der Waals surface area (Å²) in [5, 5.41) is 14.5. The molecule has 0 radical (unpaired) electrons. The molecule has 4 unspecified atom stereocenters. The number of benzene rings is 2. The van der Waals surface area contributed by atoms with Gasteiger partial charge in [-0.05, 0) is 29.2 Å². The van der Waals surface area contributed by atoms with E-state index in [9.17, 15) is 19.5 Å². The quantitative estimate of drug-likeness (QED) is 0.542. The van der Waals surface area contributed by atoms with Crippen molar-refractivity contribution in [2.75, 3.05) is 26.9 Å². The lowest BCUT2D eigenvalue weighted by Gasteiger charge is -2.26. The lowest BCUT2D eigenvalue weighted by atomic mass is 9.98. The normalized spacial score (nSPS) is 20.6. The molecule has 1 saturated heterocycles. The minimum absolute atomic E-state index is 0.0184. The van der Waals surface area contributed by atoms with Gasteiger partial charge in [0.05, 0.1) is 25.4 Å². The number of rotatable bonds is 8. The summed E-state index contributed by atoms with van der Waals surface area (Å²) in [5.41, 5.74) is 4.39. The minimum atomic E-state index is -1.07. The van der Waals surface area contributed by atoms with E-state index >= 15 is 0 Å². The van der Waals surface area contributed by atoms with Crippen molar-refractivity contribution >= 4 is 18.0 Å². The van der Waals surface area contributed by atoms with Crippen molar-refractivity contribution in [2.24, 2.45) is 5.92 Å².